The van der Waals surface area contributed by atoms with Crippen LogP contribution < -0.4 is 19.6 Å². The summed E-state index contributed by atoms with van der Waals surface area (Å²) in [6.45, 7) is 4.56. The summed E-state index contributed by atoms with van der Waals surface area (Å²) in [5.41, 5.74) is 27.5. The van der Waals surface area contributed by atoms with Gasteiger partial charge in [0.2, 0.25) is 0 Å². The van der Waals surface area contributed by atoms with E-state index in [0.717, 1.165) is 84.0 Å². The molecular formula is C82H70N4. The Kier molecular flexibility index (Phi) is 14.7. The van der Waals surface area contributed by atoms with Crippen LogP contribution >= 0.6 is 0 Å². The van der Waals surface area contributed by atoms with Crippen LogP contribution in [-0.4, -0.2) is 7.05 Å². The van der Waals surface area contributed by atoms with Crippen LogP contribution in [0.4, 0.5) is 51.2 Å². The molecule has 10 aromatic rings. The molecule has 0 bridgehead atoms. The summed E-state index contributed by atoms with van der Waals surface area (Å²) in [6, 6.07) is 94.3. The molecule has 0 fully saturated rings. The van der Waals surface area contributed by atoms with Gasteiger partial charge in [-0.2, -0.15) is 0 Å². The molecule has 1 unspecified atom stereocenters. The summed E-state index contributed by atoms with van der Waals surface area (Å²) in [5.74, 6) is 0. The highest BCUT2D eigenvalue weighted by Crippen LogP contribution is 2.58. The first kappa shape index (κ1) is 53.8. The van der Waals surface area contributed by atoms with E-state index in [1.54, 1.807) is 0 Å². The van der Waals surface area contributed by atoms with E-state index in [0.29, 0.717) is 0 Å². The Morgan fingerprint density at radius 1 is 0.349 bits per heavy atom. The molecule has 10 aromatic carbocycles. The van der Waals surface area contributed by atoms with Gasteiger partial charge in [0.25, 0.3) is 0 Å². The molecule has 0 spiro atoms. The van der Waals surface area contributed by atoms with Crippen LogP contribution in [0, 0.1) is 6.92 Å². The molecule has 4 heteroatoms. The third-order valence-corrected chi connectivity index (χ3v) is 17.8. The monoisotopic (exact) mass is 1110 g/mol. The number of likely N-dealkylation sites (N-methyl/N-ethyl adjacent to an activating group) is 1. The van der Waals surface area contributed by atoms with Crippen LogP contribution in [0.15, 0.2) is 320 Å². The number of hydrogen-bond donors (Lipinski definition) is 0. The summed E-state index contributed by atoms with van der Waals surface area (Å²) in [4.78, 5) is 9.40. The van der Waals surface area contributed by atoms with Crippen LogP contribution in [-0.2, 0) is 5.41 Å². The van der Waals surface area contributed by atoms with Crippen molar-refractivity contribution >= 4 is 56.8 Å². The average Bonchev–Trinajstić information content (AvgIpc) is 1.56. The second kappa shape index (κ2) is 23.5. The molecule has 86 heavy (non-hydrogen) atoms. The minimum Gasteiger partial charge on any atom is -0.345 e. The number of nitrogens with zero attached hydrogens (tertiary/aromatic N) is 4. The van der Waals surface area contributed by atoms with E-state index < -0.39 is 5.41 Å². The zero-order valence-corrected chi connectivity index (χ0v) is 49.3. The molecule has 0 saturated carbocycles. The number of rotatable bonds is 15. The first-order valence-electron chi connectivity index (χ1n) is 30.5. The maximum absolute atomic E-state index is 2.52. The number of para-hydroxylation sites is 3. The van der Waals surface area contributed by atoms with E-state index in [2.05, 4.69) is 338 Å². The minimum absolute atomic E-state index is 0.547. The predicted molar refractivity (Wildman–Crippen MR) is 364 cm³/mol. The Labute approximate surface area is 508 Å². The van der Waals surface area contributed by atoms with Crippen molar-refractivity contribution in [2.75, 3.05) is 26.6 Å². The van der Waals surface area contributed by atoms with Crippen LogP contribution in [0.25, 0.3) is 27.8 Å². The zero-order valence-electron chi connectivity index (χ0n) is 49.3. The molecule has 4 aliphatic carbocycles. The number of anilines is 9. The van der Waals surface area contributed by atoms with Crippen molar-refractivity contribution in [1.29, 1.82) is 0 Å². The highest BCUT2D eigenvalue weighted by atomic mass is 15.2. The summed E-state index contributed by atoms with van der Waals surface area (Å²) in [6.07, 6.45) is 22.7. The molecule has 0 aromatic heterocycles. The molecule has 1 atom stereocenters. The van der Waals surface area contributed by atoms with Crippen molar-refractivity contribution in [2.45, 2.75) is 57.8 Å². The van der Waals surface area contributed by atoms with E-state index in [1.807, 2.05) is 0 Å². The number of benzene rings is 10. The summed E-state index contributed by atoms with van der Waals surface area (Å²) >= 11 is 0. The van der Waals surface area contributed by atoms with Crippen LogP contribution in [0.2, 0.25) is 0 Å². The summed E-state index contributed by atoms with van der Waals surface area (Å²) < 4.78 is 0. The standard InChI is InChI=1S/C82H70N4/c1-59-29-55-78-79-56-30-60(2)58-81(79)82(80(78)57-59,65-39-51-76(52-40-65)85(71-25-15-7-16-26-71)74-47-35-62(36-48-74)61-31-43-68(44-32-61)83(3)67-19-9-4-10-20-67)66-41-53-77(54-42-66)86(72-27-17-8-18-28-72)75-49-37-64(38-50-75)63-33-45-73(46-34-63)84(69-21-11-5-12-22-69)70-23-13-6-14-24-70/h5-7,9,11-17,19-29,31-55,57-58H,4,8,10,18,30,56H2,1-3H3. The maximum Gasteiger partial charge on any atom is 0.0710 e. The second-order valence-corrected chi connectivity index (χ2v) is 23.3. The van der Waals surface area contributed by atoms with E-state index in [9.17, 15) is 0 Å². The van der Waals surface area contributed by atoms with Crippen molar-refractivity contribution in [1.82, 2.24) is 0 Å². The smallest absolute Gasteiger partial charge is 0.0710 e. The van der Waals surface area contributed by atoms with Crippen molar-refractivity contribution in [3.05, 3.63) is 348 Å². The maximum atomic E-state index is 2.52. The lowest BCUT2D eigenvalue weighted by molar-refractivity contribution is 0.752. The van der Waals surface area contributed by atoms with Crippen molar-refractivity contribution in [3.63, 3.8) is 0 Å². The molecule has 418 valence electrons. The molecular weight excluding hydrogens is 1040 g/mol. The third kappa shape index (κ3) is 10.2. The van der Waals surface area contributed by atoms with E-state index in [1.165, 1.54) is 83.9 Å². The Hall–Kier alpha value is -10.2. The number of hydrogen-bond acceptors (Lipinski definition) is 4. The average molecular weight is 1110 g/mol. The fourth-order valence-corrected chi connectivity index (χ4v) is 13.5. The van der Waals surface area contributed by atoms with Gasteiger partial charge in [0, 0.05) is 69.6 Å². The molecule has 0 radical (unpaired) electrons. The molecule has 4 nitrogen and oxygen atoms in total. The SMILES string of the molecule is CC1=CC2=C(CC1)c1ccc(C)cc1C2(c1ccc(N(C2=CCCC=C2)c2ccc(-c3ccc(N(c4ccccc4)c4ccccc4)cc3)cc2)cc1)c1ccc(N(c2ccccc2)c2ccc(-c3ccc(N(C)C4=CCCC=C4)cc3)cc2)cc1. The van der Waals surface area contributed by atoms with Gasteiger partial charge in [0.05, 0.1) is 5.41 Å². The van der Waals surface area contributed by atoms with Gasteiger partial charge in [0.15, 0.2) is 0 Å². The fraction of sp³-hybridized carbons (Fsp3) is 0.122. The largest absolute Gasteiger partial charge is 0.345 e. The lowest BCUT2D eigenvalue weighted by Gasteiger charge is -2.37. The molecule has 14 rings (SSSR count). The van der Waals surface area contributed by atoms with Gasteiger partial charge in [-0.15, -0.1) is 0 Å². The topological polar surface area (TPSA) is 13.0 Å². The van der Waals surface area contributed by atoms with Gasteiger partial charge in [0.1, 0.15) is 0 Å². The van der Waals surface area contributed by atoms with Crippen molar-refractivity contribution in [2.24, 2.45) is 0 Å². The highest BCUT2D eigenvalue weighted by molar-refractivity contribution is 5.90. The number of fused-ring (bicyclic) bond motifs is 2. The Morgan fingerprint density at radius 2 is 0.733 bits per heavy atom. The minimum atomic E-state index is -0.547. The predicted octanol–water partition coefficient (Wildman–Crippen LogP) is 22.2. The molecule has 0 heterocycles. The van der Waals surface area contributed by atoms with Gasteiger partial charge >= 0.3 is 0 Å². The van der Waals surface area contributed by atoms with Crippen LogP contribution in [0.3, 0.4) is 0 Å². The zero-order chi connectivity index (χ0) is 58.0. The molecule has 0 aliphatic heterocycles. The molecule has 0 N–H and O–H groups in total. The van der Waals surface area contributed by atoms with Gasteiger partial charge in [-0.3, -0.25) is 0 Å². The second-order valence-electron chi connectivity index (χ2n) is 23.3. The number of allylic oxidation sites excluding steroid dienone is 10. The van der Waals surface area contributed by atoms with Gasteiger partial charge in [-0.25, -0.2) is 0 Å². The quantitative estimate of drug-likeness (QED) is 0.101. The van der Waals surface area contributed by atoms with E-state index in [-0.39, 0.29) is 0 Å². The molecule has 4 aliphatic rings. The van der Waals surface area contributed by atoms with Gasteiger partial charge < -0.3 is 19.6 Å². The Balaban J connectivity index is 0.805. The van der Waals surface area contributed by atoms with Crippen molar-refractivity contribution < 1.29 is 0 Å². The van der Waals surface area contributed by atoms with Gasteiger partial charge in [-0.1, -0.05) is 187 Å². The van der Waals surface area contributed by atoms with E-state index in [4.69, 9.17) is 0 Å². The first-order chi connectivity index (χ1) is 42.4. The van der Waals surface area contributed by atoms with Gasteiger partial charge in [-0.05, 0) is 229 Å². The highest BCUT2D eigenvalue weighted by Gasteiger charge is 2.48. The fourth-order valence-electron chi connectivity index (χ4n) is 13.5. The lowest BCUT2D eigenvalue weighted by atomic mass is 9.65. The Morgan fingerprint density at radius 3 is 1.15 bits per heavy atom. The number of aryl methyl sites for hydroxylation is 1. The summed E-state index contributed by atoms with van der Waals surface area (Å²) in [5, 5.41) is 0. The summed E-state index contributed by atoms with van der Waals surface area (Å²) in [7, 11) is 2.15. The normalized spacial score (nSPS) is 15.9. The third-order valence-electron chi connectivity index (χ3n) is 17.8. The van der Waals surface area contributed by atoms with Crippen LogP contribution in [0.5, 0.6) is 0 Å². The molecule has 0 saturated heterocycles. The lowest BCUT2D eigenvalue weighted by Crippen LogP contribution is -2.30. The van der Waals surface area contributed by atoms with Crippen LogP contribution in [0.1, 0.15) is 73.3 Å². The molecule has 0 amide bonds. The first-order valence-corrected chi connectivity index (χ1v) is 30.5. The van der Waals surface area contributed by atoms with Crippen molar-refractivity contribution in [3.8, 4) is 22.3 Å². The Bertz CT molecular complexity index is 4210. The van der Waals surface area contributed by atoms with E-state index >= 15 is 0 Å².